The molecule has 2 amide bonds. The quantitative estimate of drug-likeness (QED) is 0.217. The topological polar surface area (TPSA) is 124 Å². The van der Waals surface area contributed by atoms with Crippen molar-refractivity contribution in [2.45, 2.75) is 55.9 Å². The molecule has 2 aliphatic heterocycles. The summed E-state index contributed by atoms with van der Waals surface area (Å²) in [7, 11) is 0. The van der Waals surface area contributed by atoms with Crippen molar-refractivity contribution in [1.82, 2.24) is 19.9 Å². The van der Waals surface area contributed by atoms with Gasteiger partial charge in [-0.05, 0) is 67.8 Å². The number of aromatic nitrogens is 1. The van der Waals surface area contributed by atoms with Gasteiger partial charge in [-0.25, -0.2) is 22.9 Å². The molecule has 4 rings (SSSR count). The van der Waals surface area contributed by atoms with E-state index in [-0.39, 0.29) is 24.4 Å². The maximum Gasteiger partial charge on any atom is 0.328 e. The van der Waals surface area contributed by atoms with E-state index in [0.717, 1.165) is 43.7 Å². The predicted molar refractivity (Wildman–Crippen MR) is 143 cm³/mol. The number of benzene rings is 1. The molecule has 3 heterocycles. The Hall–Kier alpha value is -3.25. The Labute approximate surface area is 230 Å². The smallest absolute Gasteiger partial charge is 0.328 e. The highest BCUT2D eigenvalue weighted by Crippen LogP contribution is 2.32. The maximum absolute atomic E-state index is 12.9. The molecular weight excluding hydrogens is 528 g/mol. The molecular formula is C27H33F2N5O4S. The number of pyridine rings is 1. The maximum atomic E-state index is 12.9. The Bertz CT molecular complexity index is 1180. The van der Waals surface area contributed by atoms with Crippen molar-refractivity contribution >= 4 is 35.5 Å². The van der Waals surface area contributed by atoms with Crippen LogP contribution >= 0.6 is 11.9 Å². The molecule has 1 aromatic heterocycles. The van der Waals surface area contributed by atoms with E-state index in [9.17, 15) is 28.3 Å². The Kier molecular flexibility index (Phi) is 10.1. The number of rotatable bonds is 13. The van der Waals surface area contributed by atoms with E-state index >= 15 is 0 Å². The van der Waals surface area contributed by atoms with Crippen molar-refractivity contribution in [3.8, 4) is 0 Å². The minimum atomic E-state index is -2.55. The van der Waals surface area contributed by atoms with E-state index in [1.165, 1.54) is 29.6 Å². The summed E-state index contributed by atoms with van der Waals surface area (Å²) in [6, 6.07) is 8.94. The molecule has 1 saturated heterocycles. The third kappa shape index (κ3) is 8.37. The standard InChI is InChI=1S/C27H33F2N5O4S/c28-24(29)18-5-3-8-21(13-18)39-34-15-19(16-34)26(36)33-22(27(37)38)14-31-23(35)9-2-1-7-20-11-10-17-6-4-12-30-25(17)32-20/h3,5,8,10-11,13,19,22,24H,1-2,4,6-7,9,12,14-16H2,(H,30,32)(H,31,35)(H,33,36)(H,37,38). The van der Waals surface area contributed by atoms with E-state index in [1.54, 1.807) is 12.1 Å². The fourth-order valence-corrected chi connectivity index (χ4v) is 5.56. The Morgan fingerprint density at radius 1 is 1.18 bits per heavy atom. The molecule has 0 radical (unpaired) electrons. The molecule has 1 atom stereocenters. The van der Waals surface area contributed by atoms with Gasteiger partial charge in [0.1, 0.15) is 11.9 Å². The molecule has 210 valence electrons. The summed E-state index contributed by atoms with van der Waals surface area (Å²) in [5.41, 5.74) is 2.15. The van der Waals surface area contributed by atoms with Crippen LogP contribution in [0.2, 0.25) is 0 Å². The molecule has 0 bridgehead atoms. The fraction of sp³-hybridized carbons (Fsp3) is 0.481. The van der Waals surface area contributed by atoms with Crippen LogP contribution in [0.1, 0.15) is 48.9 Å². The average Bonchev–Trinajstić information content (AvgIpc) is 2.90. The van der Waals surface area contributed by atoms with Crippen LogP contribution in [0, 0.1) is 5.92 Å². The second kappa shape index (κ2) is 13.7. The molecule has 2 aliphatic rings. The zero-order valence-electron chi connectivity index (χ0n) is 21.5. The number of nitrogens with one attached hydrogen (secondary N) is 3. The van der Waals surface area contributed by atoms with Crippen LogP contribution in [0.3, 0.4) is 0 Å². The van der Waals surface area contributed by atoms with Crippen LogP contribution in [-0.4, -0.2) is 64.4 Å². The van der Waals surface area contributed by atoms with Crippen LogP contribution in [0.4, 0.5) is 14.6 Å². The van der Waals surface area contributed by atoms with Crippen molar-refractivity contribution in [3.63, 3.8) is 0 Å². The number of halogens is 2. The van der Waals surface area contributed by atoms with Crippen LogP contribution in [-0.2, 0) is 27.2 Å². The lowest BCUT2D eigenvalue weighted by Crippen LogP contribution is -2.56. The number of carbonyl (C=O) groups excluding carboxylic acids is 2. The van der Waals surface area contributed by atoms with E-state index in [1.807, 2.05) is 10.4 Å². The number of carboxylic acids is 1. The summed E-state index contributed by atoms with van der Waals surface area (Å²) >= 11 is 1.28. The first-order valence-corrected chi connectivity index (χ1v) is 13.9. The van der Waals surface area contributed by atoms with Gasteiger partial charge in [-0.3, -0.25) is 9.59 Å². The predicted octanol–water partition coefficient (Wildman–Crippen LogP) is 3.41. The van der Waals surface area contributed by atoms with Gasteiger partial charge in [0.2, 0.25) is 11.8 Å². The van der Waals surface area contributed by atoms with Gasteiger partial charge < -0.3 is 21.1 Å². The van der Waals surface area contributed by atoms with Gasteiger partial charge in [0, 0.05) is 48.8 Å². The third-order valence-electron chi connectivity index (χ3n) is 6.72. The molecule has 39 heavy (non-hydrogen) atoms. The molecule has 1 unspecified atom stereocenters. The summed E-state index contributed by atoms with van der Waals surface area (Å²) in [6.45, 7) is 1.45. The van der Waals surface area contributed by atoms with Gasteiger partial charge in [-0.1, -0.05) is 18.2 Å². The first kappa shape index (κ1) is 28.8. The molecule has 1 fully saturated rings. The van der Waals surface area contributed by atoms with Gasteiger partial charge in [-0.15, -0.1) is 0 Å². The van der Waals surface area contributed by atoms with Gasteiger partial charge in [0.05, 0.1) is 5.92 Å². The van der Waals surface area contributed by atoms with E-state index in [0.29, 0.717) is 24.4 Å². The number of amides is 2. The Balaban J connectivity index is 1.12. The number of alkyl halides is 2. The van der Waals surface area contributed by atoms with Crippen LogP contribution in [0.25, 0.3) is 0 Å². The summed E-state index contributed by atoms with van der Waals surface area (Å²) in [6.07, 6.45) is 2.01. The highest BCUT2D eigenvalue weighted by molar-refractivity contribution is 7.97. The average molecular weight is 562 g/mol. The number of fused-ring (bicyclic) bond motifs is 1. The van der Waals surface area contributed by atoms with Crippen molar-refractivity contribution in [2.24, 2.45) is 5.92 Å². The number of anilines is 1. The van der Waals surface area contributed by atoms with Crippen LogP contribution < -0.4 is 16.0 Å². The van der Waals surface area contributed by atoms with Gasteiger partial charge in [0.15, 0.2) is 0 Å². The number of nitrogens with zero attached hydrogens (tertiary/aromatic N) is 2. The van der Waals surface area contributed by atoms with Crippen molar-refractivity contribution in [3.05, 3.63) is 53.2 Å². The summed E-state index contributed by atoms with van der Waals surface area (Å²) in [5, 5.41) is 17.9. The second-order valence-corrected chi connectivity index (χ2v) is 10.9. The van der Waals surface area contributed by atoms with Crippen molar-refractivity contribution in [2.75, 3.05) is 31.5 Å². The summed E-state index contributed by atoms with van der Waals surface area (Å²) < 4.78 is 27.6. The van der Waals surface area contributed by atoms with E-state index < -0.39 is 30.3 Å². The molecule has 0 aliphatic carbocycles. The van der Waals surface area contributed by atoms with Crippen LogP contribution in [0.5, 0.6) is 0 Å². The number of carbonyl (C=O) groups is 3. The molecule has 12 heteroatoms. The molecule has 9 nitrogen and oxygen atoms in total. The zero-order valence-corrected chi connectivity index (χ0v) is 22.3. The normalized spacial score (nSPS) is 16.1. The number of carboxylic acid groups (broad SMARTS) is 1. The molecule has 1 aromatic carbocycles. The largest absolute Gasteiger partial charge is 0.480 e. The van der Waals surface area contributed by atoms with E-state index in [4.69, 9.17) is 0 Å². The monoisotopic (exact) mass is 561 g/mol. The highest BCUT2D eigenvalue weighted by atomic mass is 32.2. The molecule has 0 saturated carbocycles. The number of aliphatic carboxylic acids is 1. The Morgan fingerprint density at radius 2 is 2.00 bits per heavy atom. The fourth-order valence-electron chi connectivity index (χ4n) is 4.43. The lowest BCUT2D eigenvalue weighted by atomic mass is 10.0. The van der Waals surface area contributed by atoms with Crippen molar-refractivity contribution in [1.29, 1.82) is 0 Å². The SMILES string of the molecule is O=C(CCCCc1ccc2c(n1)NCCC2)NCC(NC(=O)C1CN(Sc2cccc(C(F)F)c2)C1)C(=O)O. The molecule has 4 N–H and O–H groups in total. The number of aryl methyl sites for hydroxylation is 2. The third-order valence-corrected chi connectivity index (χ3v) is 7.74. The van der Waals surface area contributed by atoms with Gasteiger partial charge >= 0.3 is 5.97 Å². The summed E-state index contributed by atoms with van der Waals surface area (Å²) in [5.74, 6) is -1.38. The van der Waals surface area contributed by atoms with Crippen molar-refractivity contribution < 1.29 is 28.3 Å². The molecule has 0 spiro atoms. The van der Waals surface area contributed by atoms with Gasteiger partial charge in [0.25, 0.3) is 6.43 Å². The highest BCUT2D eigenvalue weighted by Gasteiger charge is 2.35. The zero-order chi connectivity index (χ0) is 27.8. The Morgan fingerprint density at radius 3 is 2.77 bits per heavy atom. The lowest BCUT2D eigenvalue weighted by Gasteiger charge is -2.37. The van der Waals surface area contributed by atoms with Crippen LogP contribution in [0.15, 0.2) is 41.3 Å². The number of hydrogen-bond acceptors (Lipinski definition) is 7. The minimum absolute atomic E-state index is 0.0647. The summed E-state index contributed by atoms with van der Waals surface area (Å²) in [4.78, 5) is 41.7. The minimum Gasteiger partial charge on any atom is -0.480 e. The first-order chi connectivity index (χ1) is 18.8. The lowest BCUT2D eigenvalue weighted by molar-refractivity contribution is -0.143. The number of hydrogen-bond donors (Lipinski definition) is 4. The first-order valence-electron chi connectivity index (χ1n) is 13.1. The molecule has 2 aromatic rings. The second-order valence-electron chi connectivity index (χ2n) is 9.76. The van der Waals surface area contributed by atoms with Gasteiger partial charge in [-0.2, -0.15) is 0 Å². The number of unbranched alkanes of at least 4 members (excludes halogenated alkanes) is 1. The van der Waals surface area contributed by atoms with E-state index in [2.05, 4.69) is 27.0 Å².